The van der Waals surface area contributed by atoms with Crippen LogP contribution in [0.3, 0.4) is 0 Å². The molecule has 0 bridgehead atoms. The second-order valence-electron chi connectivity index (χ2n) is 7.43. The van der Waals surface area contributed by atoms with Gasteiger partial charge < -0.3 is 14.8 Å². The van der Waals surface area contributed by atoms with Crippen LogP contribution in [0.5, 0.6) is 5.75 Å². The summed E-state index contributed by atoms with van der Waals surface area (Å²) in [6.45, 7) is 4.68. The summed E-state index contributed by atoms with van der Waals surface area (Å²) in [6.07, 6.45) is 3.40. The van der Waals surface area contributed by atoms with E-state index in [1.807, 2.05) is 61.5 Å². The summed E-state index contributed by atoms with van der Waals surface area (Å²) in [5.74, 6) is 0.901. The van der Waals surface area contributed by atoms with E-state index in [2.05, 4.69) is 22.4 Å². The van der Waals surface area contributed by atoms with Crippen molar-refractivity contribution in [2.75, 3.05) is 11.9 Å². The molecule has 0 radical (unpaired) electrons. The standard InChI is InChI=1S/C25H27N3O3/c1-3-10-20-23(25(29)30-4-2)22(19-15-26-28-24(19)27-20)18-13-8-9-14-21(18)31-16-17-11-6-5-7-12-17/h5-9,11-15,22H,3-4,10,16H2,1-2H3,(H2,26,27,28). The van der Waals surface area contributed by atoms with Gasteiger partial charge in [-0.15, -0.1) is 0 Å². The van der Waals surface area contributed by atoms with Crippen molar-refractivity contribution in [2.45, 2.75) is 39.2 Å². The highest BCUT2D eigenvalue weighted by Gasteiger charge is 2.36. The maximum absolute atomic E-state index is 13.1. The third-order valence-electron chi connectivity index (χ3n) is 5.33. The summed E-state index contributed by atoms with van der Waals surface area (Å²) >= 11 is 0. The van der Waals surface area contributed by atoms with Crippen LogP contribution in [0.15, 0.2) is 72.1 Å². The van der Waals surface area contributed by atoms with Gasteiger partial charge >= 0.3 is 5.97 Å². The number of nitrogens with one attached hydrogen (secondary N) is 2. The zero-order chi connectivity index (χ0) is 21.6. The summed E-state index contributed by atoms with van der Waals surface area (Å²) in [5, 5.41) is 10.6. The molecule has 2 N–H and O–H groups in total. The molecule has 0 fully saturated rings. The average molecular weight is 418 g/mol. The number of anilines is 1. The number of aromatic nitrogens is 2. The smallest absolute Gasteiger partial charge is 0.336 e. The number of hydrogen-bond donors (Lipinski definition) is 2. The predicted molar refractivity (Wildman–Crippen MR) is 120 cm³/mol. The van der Waals surface area contributed by atoms with Gasteiger partial charge in [0.1, 0.15) is 18.2 Å². The van der Waals surface area contributed by atoms with Crippen molar-refractivity contribution in [2.24, 2.45) is 0 Å². The Morgan fingerprint density at radius 3 is 2.58 bits per heavy atom. The minimum Gasteiger partial charge on any atom is -0.489 e. The van der Waals surface area contributed by atoms with Gasteiger partial charge in [-0.25, -0.2) is 4.79 Å². The number of carbonyl (C=O) groups excluding carboxylic acids is 1. The van der Waals surface area contributed by atoms with Crippen molar-refractivity contribution in [3.05, 3.63) is 88.8 Å². The largest absolute Gasteiger partial charge is 0.489 e. The number of ether oxygens (including phenoxy) is 2. The van der Waals surface area contributed by atoms with E-state index in [-0.39, 0.29) is 11.9 Å². The van der Waals surface area contributed by atoms with Crippen LogP contribution in [0, 0.1) is 0 Å². The first-order valence-corrected chi connectivity index (χ1v) is 10.7. The zero-order valence-corrected chi connectivity index (χ0v) is 17.9. The molecule has 31 heavy (non-hydrogen) atoms. The van der Waals surface area contributed by atoms with Crippen LogP contribution in [-0.4, -0.2) is 22.8 Å². The molecule has 0 amide bonds. The first-order valence-electron chi connectivity index (χ1n) is 10.7. The van der Waals surface area contributed by atoms with Crippen molar-refractivity contribution in [1.82, 2.24) is 10.2 Å². The Morgan fingerprint density at radius 2 is 1.81 bits per heavy atom. The molecule has 4 rings (SSSR count). The SMILES string of the molecule is CCCC1=C(C(=O)OCC)C(c2ccccc2OCc2ccccc2)c2cn[nH]c2N1. The molecule has 1 aliphatic heterocycles. The molecule has 0 aliphatic carbocycles. The highest BCUT2D eigenvalue weighted by Crippen LogP contribution is 2.45. The molecule has 0 saturated carbocycles. The lowest BCUT2D eigenvalue weighted by atomic mass is 9.81. The normalized spacial score (nSPS) is 15.2. The van der Waals surface area contributed by atoms with Crippen molar-refractivity contribution >= 4 is 11.8 Å². The van der Waals surface area contributed by atoms with Gasteiger partial charge in [0.2, 0.25) is 0 Å². The first-order chi connectivity index (χ1) is 15.2. The molecule has 0 saturated heterocycles. The molecule has 3 aromatic rings. The Bertz CT molecular complexity index is 1070. The van der Waals surface area contributed by atoms with Crippen LogP contribution >= 0.6 is 0 Å². The van der Waals surface area contributed by atoms with E-state index in [0.717, 1.165) is 46.8 Å². The number of rotatable bonds is 8. The van der Waals surface area contributed by atoms with Crippen LogP contribution in [-0.2, 0) is 16.1 Å². The maximum atomic E-state index is 13.1. The van der Waals surface area contributed by atoms with Crippen LogP contribution in [0.4, 0.5) is 5.82 Å². The molecule has 1 aliphatic rings. The number of esters is 1. The predicted octanol–water partition coefficient (Wildman–Crippen LogP) is 5.16. The second kappa shape index (κ2) is 9.51. The van der Waals surface area contributed by atoms with E-state index in [0.29, 0.717) is 18.8 Å². The van der Waals surface area contributed by atoms with Crippen LogP contribution in [0.25, 0.3) is 0 Å². The third-order valence-corrected chi connectivity index (χ3v) is 5.33. The van der Waals surface area contributed by atoms with Crippen molar-refractivity contribution in [3.63, 3.8) is 0 Å². The summed E-state index contributed by atoms with van der Waals surface area (Å²) in [4.78, 5) is 13.1. The fraction of sp³-hybridized carbons (Fsp3) is 0.280. The number of para-hydroxylation sites is 1. The van der Waals surface area contributed by atoms with Gasteiger partial charge in [-0.3, -0.25) is 5.10 Å². The van der Waals surface area contributed by atoms with E-state index in [1.165, 1.54) is 0 Å². The molecule has 6 nitrogen and oxygen atoms in total. The number of carbonyl (C=O) groups is 1. The van der Waals surface area contributed by atoms with E-state index < -0.39 is 0 Å². The minimum absolute atomic E-state index is 0.312. The van der Waals surface area contributed by atoms with Gasteiger partial charge in [0.15, 0.2) is 0 Å². The van der Waals surface area contributed by atoms with E-state index in [4.69, 9.17) is 9.47 Å². The number of allylic oxidation sites excluding steroid dienone is 1. The van der Waals surface area contributed by atoms with Crippen LogP contribution in [0.2, 0.25) is 0 Å². The second-order valence-corrected chi connectivity index (χ2v) is 7.43. The topological polar surface area (TPSA) is 76.2 Å². The number of benzene rings is 2. The summed E-state index contributed by atoms with van der Waals surface area (Å²) < 4.78 is 11.7. The lowest BCUT2D eigenvalue weighted by Gasteiger charge is -2.29. The Balaban J connectivity index is 1.78. The molecular weight excluding hydrogens is 390 g/mol. The number of aromatic amines is 1. The van der Waals surface area contributed by atoms with Crippen molar-refractivity contribution in [3.8, 4) is 5.75 Å². The molecule has 0 spiro atoms. The van der Waals surface area contributed by atoms with Gasteiger partial charge in [0.05, 0.1) is 24.3 Å². The van der Waals surface area contributed by atoms with Crippen molar-refractivity contribution < 1.29 is 14.3 Å². The highest BCUT2D eigenvalue weighted by atomic mass is 16.5. The van der Waals surface area contributed by atoms with Gasteiger partial charge in [-0.2, -0.15) is 5.10 Å². The summed E-state index contributed by atoms with van der Waals surface area (Å²) in [6, 6.07) is 17.9. The molecule has 160 valence electrons. The maximum Gasteiger partial charge on any atom is 0.336 e. The average Bonchev–Trinajstić information content (AvgIpc) is 3.26. The monoisotopic (exact) mass is 417 g/mol. The Hall–Kier alpha value is -3.54. The lowest BCUT2D eigenvalue weighted by Crippen LogP contribution is -2.25. The summed E-state index contributed by atoms with van der Waals surface area (Å²) in [5.41, 5.74) is 4.38. The van der Waals surface area contributed by atoms with Gasteiger partial charge in [0, 0.05) is 16.8 Å². The van der Waals surface area contributed by atoms with E-state index in [1.54, 1.807) is 6.20 Å². The highest BCUT2D eigenvalue weighted by molar-refractivity contribution is 5.94. The van der Waals surface area contributed by atoms with E-state index in [9.17, 15) is 4.79 Å². The van der Waals surface area contributed by atoms with E-state index >= 15 is 0 Å². The molecule has 6 heteroatoms. The zero-order valence-electron chi connectivity index (χ0n) is 17.9. The Morgan fingerprint density at radius 1 is 1.03 bits per heavy atom. The minimum atomic E-state index is -0.331. The quantitative estimate of drug-likeness (QED) is 0.495. The van der Waals surface area contributed by atoms with Gasteiger partial charge in [-0.05, 0) is 25.0 Å². The number of nitrogens with zero attached hydrogens (tertiary/aromatic N) is 1. The molecular formula is C25H27N3O3. The molecule has 2 aromatic carbocycles. The molecule has 1 atom stereocenters. The first kappa shape index (κ1) is 20.7. The fourth-order valence-electron chi connectivity index (χ4n) is 3.97. The van der Waals surface area contributed by atoms with Gasteiger partial charge in [-0.1, -0.05) is 61.9 Å². The number of H-pyrrole nitrogens is 1. The number of fused-ring (bicyclic) bond motifs is 1. The Kier molecular flexibility index (Phi) is 6.36. The van der Waals surface area contributed by atoms with Crippen molar-refractivity contribution in [1.29, 1.82) is 0 Å². The van der Waals surface area contributed by atoms with Gasteiger partial charge in [0.25, 0.3) is 0 Å². The van der Waals surface area contributed by atoms with Crippen LogP contribution in [0.1, 0.15) is 49.3 Å². The summed E-state index contributed by atoms with van der Waals surface area (Å²) in [7, 11) is 0. The molecule has 1 aromatic heterocycles. The molecule has 1 unspecified atom stereocenters. The molecule has 2 heterocycles. The number of hydrogen-bond acceptors (Lipinski definition) is 5. The Labute approximate surface area is 182 Å². The lowest BCUT2D eigenvalue weighted by molar-refractivity contribution is -0.138. The third kappa shape index (κ3) is 4.33. The van der Waals surface area contributed by atoms with Crippen LogP contribution < -0.4 is 10.1 Å². The fourth-order valence-corrected chi connectivity index (χ4v) is 3.97.